The van der Waals surface area contributed by atoms with Gasteiger partial charge in [-0.3, -0.25) is 14.1 Å². The molecular formula is C26H25BFN3O6S. The number of rotatable bonds is 8. The number of carbonyl (C=O) groups is 1. The maximum Gasteiger partial charge on any atom is 0.490 e. The fourth-order valence-electron chi connectivity index (χ4n) is 4.45. The molecule has 1 amide bonds. The third-order valence-electron chi connectivity index (χ3n) is 6.54. The number of aromatic nitrogens is 1. The van der Waals surface area contributed by atoms with E-state index in [1.165, 1.54) is 53.9 Å². The topological polar surface area (TPSA) is 133 Å². The van der Waals surface area contributed by atoms with E-state index >= 15 is 0 Å². The second-order valence-electron chi connectivity index (χ2n) is 9.30. The highest BCUT2D eigenvalue weighted by atomic mass is 32.2. The second kappa shape index (κ2) is 9.86. The van der Waals surface area contributed by atoms with E-state index in [0.717, 1.165) is 24.7 Å². The SMILES string of the molecule is CNC(=O)c1c(-c2ccc(F)cc2)oc2cc(N(Cc3ccc(B(O)O)cn3)S(C)(=O)=O)c(C3CC3)cc12. The Morgan fingerprint density at radius 3 is 2.45 bits per heavy atom. The number of fused-ring (bicyclic) bond motifs is 1. The molecule has 12 heteroatoms. The van der Waals surface area contributed by atoms with E-state index in [0.29, 0.717) is 27.9 Å². The van der Waals surface area contributed by atoms with Gasteiger partial charge in [-0.1, -0.05) is 6.07 Å². The summed E-state index contributed by atoms with van der Waals surface area (Å²) >= 11 is 0. The normalized spacial score (nSPS) is 13.5. The second-order valence-corrected chi connectivity index (χ2v) is 11.2. The van der Waals surface area contributed by atoms with Crippen molar-refractivity contribution >= 4 is 45.2 Å². The van der Waals surface area contributed by atoms with E-state index in [1.807, 2.05) is 0 Å². The van der Waals surface area contributed by atoms with Crippen LogP contribution in [-0.4, -0.2) is 49.8 Å². The Morgan fingerprint density at radius 1 is 1.18 bits per heavy atom. The number of nitrogens with zero attached hydrogens (tertiary/aromatic N) is 2. The third kappa shape index (κ3) is 5.02. The minimum absolute atomic E-state index is 0.0975. The number of nitrogens with one attached hydrogen (secondary N) is 1. The standard InChI is InChI=1S/C26H25BFN3O6S/c1-29-26(32)24-21-11-20(15-3-4-15)22(12-23(21)37-25(24)16-5-8-18(28)9-6-16)31(38(2,35)36)14-19-10-7-17(13-30-19)27(33)34/h5-13,15,33-34H,3-4,14H2,1-2H3,(H,29,32). The molecule has 2 heterocycles. The Labute approximate surface area is 219 Å². The van der Waals surface area contributed by atoms with Crippen LogP contribution in [0, 0.1) is 5.82 Å². The van der Waals surface area contributed by atoms with E-state index in [-0.39, 0.29) is 35.2 Å². The van der Waals surface area contributed by atoms with Crippen LogP contribution in [-0.2, 0) is 16.6 Å². The van der Waals surface area contributed by atoms with Gasteiger partial charge in [0.1, 0.15) is 17.2 Å². The Balaban J connectivity index is 1.68. The molecule has 1 aliphatic rings. The van der Waals surface area contributed by atoms with Gasteiger partial charge in [-0.2, -0.15) is 0 Å². The van der Waals surface area contributed by atoms with Gasteiger partial charge in [-0.15, -0.1) is 0 Å². The summed E-state index contributed by atoms with van der Waals surface area (Å²) in [5, 5.41) is 21.8. The summed E-state index contributed by atoms with van der Waals surface area (Å²) in [6.07, 6.45) is 4.12. The highest BCUT2D eigenvalue weighted by molar-refractivity contribution is 7.92. The van der Waals surface area contributed by atoms with Gasteiger partial charge in [-0.25, -0.2) is 12.8 Å². The van der Waals surface area contributed by atoms with E-state index in [9.17, 15) is 27.7 Å². The summed E-state index contributed by atoms with van der Waals surface area (Å²) in [5.41, 5.74) is 2.87. The average molecular weight is 537 g/mol. The van der Waals surface area contributed by atoms with Gasteiger partial charge in [0, 0.05) is 35.7 Å². The van der Waals surface area contributed by atoms with Crippen molar-refractivity contribution in [3.05, 3.63) is 77.4 Å². The molecule has 0 bridgehead atoms. The number of pyridine rings is 1. The summed E-state index contributed by atoms with van der Waals surface area (Å²) in [6, 6.07) is 12.0. The van der Waals surface area contributed by atoms with Gasteiger partial charge < -0.3 is 19.8 Å². The first-order chi connectivity index (χ1) is 18.1. The molecule has 0 spiro atoms. The Morgan fingerprint density at radius 2 is 1.89 bits per heavy atom. The maximum atomic E-state index is 13.6. The molecule has 1 aliphatic carbocycles. The first kappa shape index (κ1) is 25.9. The molecule has 4 aromatic rings. The monoisotopic (exact) mass is 537 g/mol. The lowest BCUT2D eigenvalue weighted by atomic mass is 9.82. The third-order valence-corrected chi connectivity index (χ3v) is 7.66. The molecule has 3 N–H and O–H groups in total. The molecule has 0 radical (unpaired) electrons. The molecule has 2 aromatic heterocycles. The predicted octanol–water partition coefficient (Wildman–Crippen LogP) is 2.52. The summed E-state index contributed by atoms with van der Waals surface area (Å²) in [6.45, 7) is -0.0975. The molecule has 5 rings (SSSR count). The first-order valence-electron chi connectivity index (χ1n) is 11.9. The van der Waals surface area contributed by atoms with Crippen LogP contribution in [0.5, 0.6) is 0 Å². The number of hydrogen-bond donors (Lipinski definition) is 3. The first-order valence-corrected chi connectivity index (χ1v) is 13.8. The van der Waals surface area contributed by atoms with Crippen LogP contribution in [0.2, 0.25) is 0 Å². The van der Waals surface area contributed by atoms with Crippen LogP contribution >= 0.6 is 0 Å². The lowest BCUT2D eigenvalue weighted by Crippen LogP contribution is -2.32. The molecule has 1 fully saturated rings. The minimum Gasteiger partial charge on any atom is -0.455 e. The Hall–Kier alpha value is -3.74. The summed E-state index contributed by atoms with van der Waals surface area (Å²) in [7, 11) is -3.97. The van der Waals surface area contributed by atoms with Gasteiger partial charge in [0.25, 0.3) is 5.91 Å². The number of amides is 1. The fourth-order valence-corrected chi connectivity index (χ4v) is 5.33. The average Bonchev–Trinajstić information content (AvgIpc) is 3.66. The number of sulfonamides is 1. The van der Waals surface area contributed by atoms with Crippen LogP contribution in [0.4, 0.5) is 10.1 Å². The summed E-state index contributed by atoms with van der Waals surface area (Å²) in [4.78, 5) is 17.1. The molecule has 0 aliphatic heterocycles. The van der Waals surface area contributed by atoms with Crippen molar-refractivity contribution in [2.75, 3.05) is 17.6 Å². The molecule has 0 unspecified atom stereocenters. The van der Waals surface area contributed by atoms with Crippen molar-refractivity contribution < 1.29 is 32.1 Å². The number of benzene rings is 2. The van der Waals surface area contributed by atoms with Crippen LogP contribution in [0.25, 0.3) is 22.3 Å². The molecule has 0 saturated heterocycles. The zero-order valence-electron chi connectivity index (χ0n) is 20.7. The van der Waals surface area contributed by atoms with Crippen molar-refractivity contribution in [2.45, 2.75) is 25.3 Å². The number of carbonyl (C=O) groups excluding carboxylic acids is 1. The molecule has 1 saturated carbocycles. The molecule has 9 nitrogen and oxygen atoms in total. The Kier molecular flexibility index (Phi) is 6.72. The number of furan rings is 1. The van der Waals surface area contributed by atoms with E-state index in [1.54, 1.807) is 12.1 Å². The summed E-state index contributed by atoms with van der Waals surface area (Å²) in [5.74, 6) is -0.444. The molecule has 0 atom stereocenters. The largest absolute Gasteiger partial charge is 0.490 e. The zero-order valence-corrected chi connectivity index (χ0v) is 21.5. The van der Waals surface area contributed by atoms with Gasteiger partial charge >= 0.3 is 7.12 Å². The molecular weight excluding hydrogens is 512 g/mol. The summed E-state index contributed by atoms with van der Waals surface area (Å²) < 4.78 is 47.0. The van der Waals surface area contributed by atoms with E-state index in [4.69, 9.17) is 4.42 Å². The van der Waals surface area contributed by atoms with Gasteiger partial charge in [0.2, 0.25) is 10.0 Å². The van der Waals surface area contributed by atoms with Crippen molar-refractivity contribution in [3.8, 4) is 11.3 Å². The maximum absolute atomic E-state index is 13.6. The fraction of sp³-hybridized carbons (Fsp3) is 0.231. The lowest BCUT2D eigenvalue weighted by molar-refractivity contribution is 0.0964. The highest BCUT2D eigenvalue weighted by Gasteiger charge is 2.33. The van der Waals surface area contributed by atoms with Crippen LogP contribution in [0.1, 0.15) is 40.4 Å². The van der Waals surface area contributed by atoms with Crippen LogP contribution in [0.3, 0.4) is 0 Å². The van der Waals surface area contributed by atoms with Crippen LogP contribution in [0.15, 0.2) is 59.1 Å². The number of halogens is 1. The smallest absolute Gasteiger partial charge is 0.455 e. The zero-order chi connectivity index (χ0) is 27.2. The van der Waals surface area contributed by atoms with Gasteiger partial charge in [-0.05, 0) is 60.7 Å². The van der Waals surface area contributed by atoms with E-state index < -0.39 is 23.0 Å². The molecule has 196 valence electrons. The number of hydrogen-bond acceptors (Lipinski definition) is 7. The number of anilines is 1. The van der Waals surface area contributed by atoms with Crippen LogP contribution < -0.4 is 15.1 Å². The lowest BCUT2D eigenvalue weighted by Gasteiger charge is -2.25. The van der Waals surface area contributed by atoms with Crippen molar-refractivity contribution in [3.63, 3.8) is 0 Å². The van der Waals surface area contributed by atoms with Gasteiger partial charge in [0.15, 0.2) is 0 Å². The van der Waals surface area contributed by atoms with Gasteiger partial charge in [0.05, 0.1) is 29.7 Å². The van der Waals surface area contributed by atoms with Crippen molar-refractivity contribution in [1.82, 2.24) is 10.3 Å². The predicted molar refractivity (Wildman–Crippen MR) is 142 cm³/mol. The highest BCUT2D eigenvalue weighted by Crippen LogP contribution is 2.48. The quantitative estimate of drug-likeness (QED) is 0.294. The van der Waals surface area contributed by atoms with E-state index in [2.05, 4.69) is 10.3 Å². The van der Waals surface area contributed by atoms with Crippen molar-refractivity contribution in [2.24, 2.45) is 0 Å². The Bertz CT molecular complexity index is 1620. The minimum atomic E-state index is -3.79. The molecule has 2 aromatic carbocycles. The van der Waals surface area contributed by atoms with Crippen molar-refractivity contribution in [1.29, 1.82) is 0 Å². The molecule has 38 heavy (non-hydrogen) atoms.